The molecule has 0 aromatic heterocycles. The summed E-state index contributed by atoms with van der Waals surface area (Å²) in [5.74, 6) is 0.780. The average molecular weight is 196 g/mol. The number of piperazine rings is 1. The zero-order valence-corrected chi connectivity index (χ0v) is 9.84. The molecule has 1 aliphatic heterocycles. The predicted octanol–water partition coefficient (Wildman–Crippen LogP) is 1.88. The van der Waals surface area contributed by atoms with Crippen molar-refractivity contribution in [3.63, 3.8) is 0 Å². The van der Waals surface area contributed by atoms with Gasteiger partial charge < -0.3 is 5.32 Å². The van der Waals surface area contributed by atoms with Gasteiger partial charge in [0, 0.05) is 32.2 Å². The van der Waals surface area contributed by atoms with E-state index < -0.39 is 0 Å². The maximum atomic E-state index is 3.98. The minimum atomic E-state index is 0.674. The second-order valence-electron chi connectivity index (χ2n) is 4.64. The fourth-order valence-corrected chi connectivity index (χ4v) is 2.03. The third-order valence-corrected chi connectivity index (χ3v) is 3.11. The molecule has 1 heterocycles. The van der Waals surface area contributed by atoms with Crippen molar-refractivity contribution in [2.75, 3.05) is 26.2 Å². The van der Waals surface area contributed by atoms with Gasteiger partial charge in [-0.2, -0.15) is 0 Å². The molecule has 1 N–H and O–H groups in total. The van der Waals surface area contributed by atoms with E-state index in [-0.39, 0.29) is 0 Å². The summed E-state index contributed by atoms with van der Waals surface area (Å²) < 4.78 is 0. The Kier molecular flexibility index (Phi) is 4.63. The molecule has 2 nitrogen and oxygen atoms in total. The van der Waals surface area contributed by atoms with Crippen LogP contribution in [0.3, 0.4) is 0 Å². The van der Waals surface area contributed by atoms with Gasteiger partial charge in [-0.3, -0.25) is 4.90 Å². The SMILES string of the molecule is C=C(C)CN1CCNC(C(C)CC)C1. The van der Waals surface area contributed by atoms with E-state index in [0.717, 1.165) is 19.0 Å². The van der Waals surface area contributed by atoms with Crippen LogP contribution in [0.5, 0.6) is 0 Å². The first kappa shape index (κ1) is 11.7. The molecular weight excluding hydrogens is 172 g/mol. The first-order chi connectivity index (χ1) is 6.63. The molecule has 1 fully saturated rings. The Bertz CT molecular complexity index is 189. The molecule has 2 atom stereocenters. The molecular formula is C12H24N2. The van der Waals surface area contributed by atoms with E-state index in [2.05, 4.69) is 37.6 Å². The van der Waals surface area contributed by atoms with Crippen molar-refractivity contribution in [3.8, 4) is 0 Å². The Balaban J connectivity index is 2.39. The molecule has 2 unspecified atom stereocenters. The van der Waals surface area contributed by atoms with Crippen LogP contribution >= 0.6 is 0 Å². The number of hydrogen-bond acceptors (Lipinski definition) is 2. The third-order valence-electron chi connectivity index (χ3n) is 3.11. The van der Waals surface area contributed by atoms with E-state index in [1.807, 2.05) is 0 Å². The molecule has 1 rings (SSSR count). The second kappa shape index (κ2) is 5.52. The standard InChI is InChI=1S/C12H24N2/c1-5-11(4)12-9-14(7-6-13-12)8-10(2)3/h11-13H,2,5-9H2,1,3-4H3. The fourth-order valence-electron chi connectivity index (χ4n) is 2.03. The average Bonchev–Trinajstić information content (AvgIpc) is 2.16. The maximum absolute atomic E-state index is 3.98. The highest BCUT2D eigenvalue weighted by molar-refractivity contribution is 4.94. The van der Waals surface area contributed by atoms with Crippen LogP contribution in [0.2, 0.25) is 0 Å². The van der Waals surface area contributed by atoms with Crippen LogP contribution in [-0.2, 0) is 0 Å². The smallest absolute Gasteiger partial charge is 0.0221 e. The van der Waals surface area contributed by atoms with Crippen molar-refractivity contribution in [1.29, 1.82) is 0 Å². The summed E-state index contributed by atoms with van der Waals surface area (Å²) >= 11 is 0. The number of nitrogens with one attached hydrogen (secondary N) is 1. The van der Waals surface area contributed by atoms with Crippen molar-refractivity contribution in [2.45, 2.75) is 33.2 Å². The maximum Gasteiger partial charge on any atom is 0.0221 e. The Labute approximate surface area is 88.4 Å². The van der Waals surface area contributed by atoms with Crippen molar-refractivity contribution in [2.24, 2.45) is 5.92 Å². The Hall–Kier alpha value is -0.340. The van der Waals surface area contributed by atoms with Crippen molar-refractivity contribution >= 4 is 0 Å². The first-order valence-corrected chi connectivity index (χ1v) is 5.73. The number of nitrogens with zero attached hydrogens (tertiary/aromatic N) is 1. The second-order valence-corrected chi connectivity index (χ2v) is 4.64. The van der Waals surface area contributed by atoms with Crippen LogP contribution in [0.4, 0.5) is 0 Å². The minimum Gasteiger partial charge on any atom is -0.311 e. The van der Waals surface area contributed by atoms with Gasteiger partial charge in [0.2, 0.25) is 0 Å². The fraction of sp³-hybridized carbons (Fsp3) is 0.833. The normalized spacial score (nSPS) is 26.1. The lowest BCUT2D eigenvalue weighted by Gasteiger charge is -2.36. The number of rotatable bonds is 4. The largest absolute Gasteiger partial charge is 0.311 e. The quantitative estimate of drug-likeness (QED) is 0.691. The number of hydrogen-bond donors (Lipinski definition) is 1. The van der Waals surface area contributed by atoms with E-state index in [1.165, 1.54) is 25.1 Å². The molecule has 0 saturated carbocycles. The molecule has 14 heavy (non-hydrogen) atoms. The third kappa shape index (κ3) is 3.43. The van der Waals surface area contributed by atoms with Gasteiger partial charge >= 0.3 is 0 Å². The summed E-state index contributed by atoms with van der Waals surface area (Å²) in [6.07, 6.45) is 1.26. The van der Waals surface area contributed by atoms with Gasteiger partial charge in [-0.25, -0.2) is 0 Å². The lowest BCUT2D eigenvalue weighted by Crippen LogP contribution is -2.53. The zero-order chi connectivity index (χ0) is 10.6. The van der Waals surface area contributed by atoms with Crippen LogP contribution in [0.15, 0.2) is 12.2 Å². The monoisotopic (exact) mass is 196 g/mol. The predicted molar refractivity (Wildman–Crippen MR) is 62.5 cm³/mol. The first-order valence-electron chi connectivity index (χ1n) is 5.73. The van der Waals surface area contributed by atoms with Crippen LogP contribution < -0.4 is 5.32 Å². The van der Waals surface area contributed by atoms with Gasteiger partial charge in [0.25, 0.3) is 0 Å². The highest BCUT2D eigenvalue weighted by atomic mass is 15.2. The molecule has 0 aromatic rings. The van der Waals surface area contributed by atoms with Gasteiger partial charge in [-0.15, -0.1) is 0 Å². The van der Waals surface area contributed by atoms with Crippen molar-refractivity contribution in [3.05, 3.63) is 12.2 Å². The summed E-state index contributed by atoms with van der Waals surface area (Å²) in [5, 5.41) is 3.60. The van der Waals surface area contributed by atoms with Crippen molar-refractivity contribution < 1.29 is 0 Å². The van der Waals surface area contributed by atoms with E-state index in [4.69, 9.17) is 0 Å². The lowest BCUT2D eigenvalue weighted by atomic mass is 9.97. The lowest BCUT2D eigenvalue weighted by molar-refractivity contribution is 0.180. The molecule has 1 aliphatic rings. The van der Waals surface area contributed by atoms with Gasteiger partial charge in [0.15, 0.2) is 0 Å². The Morgan fingerprint density at radius 2 is 2.36 bits per heavy atom. The van der Waals surface area contributed by atoms with Crippen LogP contribution in [0.1, 0.15) is 27.2 Å². The van der Waals surface area contributed by atoms with Crippen LogP contribution in [0.25, 0.3) is 0 Å². The van der Waals surface area contributed by atoms with E-state index in [9.17, 15) is 0 Å². The summed E-state index contributed by atoms with van der Waals surface area (Å²) in [6, 6.07) is 0.674. The molecule has 2 heteroatoms. The highest BCUT2D eigenvalue weighted by Gasteiger charge is 2.22. The van der Waals surface area contributed by atoms with Gasteiger partial charge in [0.05, 0.1) is 0 Å². The van der Waals surface area contributed by atoms with Gasteiger partial charge in [0.1, 0.15) is 0 Å². The van der Waals surface area contributed by atoms with Crippen LogP contribution in [0, 0.1) is 5.92 Å². The molecule has 82 valence electrons. The molecule has 0 bridgehead atoms. The Morgan fingerprint density at radius 1 is 1.64 bits per heavy atom. The van der Waals surface area contributed by atoms with Gasteiger partial charge in [-0.05, 0) is 12.8 Å². The summed E-state index contributed by atoms with van der Waals surface area (Å²) in [6.45, 7) is 15.2. The summed E-state index contributed by atoms with van der Waals surface area (Å²) in [5.41, 5.74) is 1.27. The van der Waals surface area contributed by atoms with E-state index in [1.54, 1.807) is 0 Å². The van der Waals surface area contributed by atoms with E-state index >= 15 is 0 Å². The van der Waals surface area contributed by atoms with E-state index in [0.29, 0.717) is 6.04 Å². The van der Waals surface area contributed by atoms with Crippen molar-refractivity contribution in [1.82, 2.24) is 10.2 Å². The topological polar surface area (TPSA) is 15.3 Å². The summed E-state index contributed by atoms with van der Waals surface area (Å²) in [4.78, 5) is 2.51. The highest BCUT2D eigenvalue weighted by Crippen LogP contribution is 2.12. The summed E-state index contributed by atoms with van der Waals surface area (Å²) in [7, 11) is 0. The van der Waals surface area contributed by atoms with Crippen LogP contribution in [-0.4, -0.2) is 37.1 Å². The molecule has 0 aliphatic carbocycles. The minimum absolute atomic E-state index is 0.674. The van der Waals surface area contributed by atoms with Gasteiger partial charge in [-0.1, -0.05) is 32.4 Å². The molecule has 0 aromatic carbocycles. The molecule has 0 amide bonds. The molecule has 0 radical (unpaired) electrons. The molecule has 0 spiro atoms. The zero-order valence-electron chi connectivity index (χ0n) is 9.84. The Morgan fingerprint density at radius 3 is 2.93 bits per heavy atom. The molecule has 1 saturated heterocycles.